The van der Waals surface area contributed by atoms with E-state index >= 15 is 0 Å². The van der Waals surface area contributed by atoms with E-state index in [9.17, 15) is 0 Å². The summed E-state index contributed by atoms with van der Waals surface area (Å²) in [6.45, 7) is 3.55. The number of hydrogen-bond donors (Lipinski definition) is 0. The topological polar surface area (TPSA) is 61.0 Å². The Morgan fingerprint density at radius 3 is 2.75 bits per heavy atom. The molecule has 0 unspecified atom stereocenters. The highest BCUT2D eigenvalue weighted by atomic mass is 16.5. The van der Waals surface area contributed by atoms with Crippen LogP contribution in [0.25, 0.3) is 22.4 Å². The number of hydrogen-bond acceptors (Lipinski definition) is 5. The third-order valence-corrected chi connectivity index (χ3v) is 4.95. The Bertz CT molecular complexity index is 908. The van der Waals surface area contributed by atoms with Gasteiger partial charge in [-0.2, -0.15) is 4.98 Å². The lowest BCUT2D eigenvalue weighted by Crippen LogP contribution is -1.99. The first kappa shape index (κ1) is 14.1. The van der Waals surface area contributed by atoms with Gasteiger partial charge in [0, 0.05) is 29.5 Å². The molecule has 0 N–H and O–H groups in total. The fourth-order valence-electron chi connectivity index (χ4n) is 3.37. The summed E-state index contributed by atoms with van der Waals surface area (Å²) in [4.78, 5) is 9.52. The number of fused-ring (bicyclic) bond motifs is 1. The van der Waals surface area contributed by atoms with Crippen molar-refractivity contribution < 1.29 is 9.26 Å². The number of benzene rings is 1. The maximum atomic E-state index is 5.62. The molecule has 1 aromatic carbocycles. The molecule has 5 rings (SSSR count). The van der Waals surface area contributed by atoms with E-state index in [1.807, 2.05) is 0 Å². The van der Waals surface area contributed by atoms with E-state index in [0.29, 0.717) is 18.4 Å². The Morgan fingerprint density at radius 2 is 1.96 bits per heavy atom. The summed E-state index contributed by atoms with van der Waals surface area (Å²) in [6.07, 6.45) is 3.40. The van der Waals surface area contributed by atoms with Gasteiger partial charge in [-0.1, -0.05) is 16.8 Å². The van der Waals surface area contributed by atoms with Crippen LogP contribution in [0.5, 0.6) is 0 Å². The highest BCUT2D eigenvalue weighted by molar-refractivity contribution is 5.93. The first-order valence-corrected chi connectivity index (χ1v) is 8.61. The lowest BCUT2D eigenvalue weighted by Gasteiger charge is -2.07. The average Bonchev–Trinajstić information content (AvgIpc) is 3.10. The van der Waals surface area contributed by atoms with Gasteiger partial charge in [0.1, 0.15) is 0 Å². The summed E-state index contributed by atoms with van der Waals surface area (Å²) in [5.41, 5.74) is 4.35. The predicted octanol–water partition coefficient (Wildman–Crippen LogP) is 3.97. The van der Waals surface area contributed by atoms with Gasteiger partial charge in [-0.15, -0.1) is 0 Å². The van der Waals surface area contributed by atoms with Crippen molar-refractivity contribution in [3.8, 4) is 11.5 Å². The number of aromatic nitrogens is 3. The second-order valence-electron chi connectivity index (χ2n) is 6.91. The molecule has 24 heavy (non-hydrogen) atoms. The molecule has 2 aromatic heterocycles. The van der Waals surface area contributed by atoms with E-state index in [0.717, 1.165) is 41.0 Å². The molecule has 122 valence electrons. The van der Waals surface area contributed by atoms with Gasteiger partial charge in [-0.25, -0.2) is 0 Å². The smallest absolute Gasteiger partial charge is 0.258 e. The molecule has 5 nitrogen and oxygen atoms in total. The maximum Gasteiger partial charge on any atom is 0.258 e. The molecule has 0 bridgehead atoms. The van der Waals surface area contributed by atoms with Gasteiger partial charge in [0.2, 0.25) is 0 Å². The molecule has 3 heterocycles. The molecule has 1 aliphatic carbocycles. The first-order valence-electron chi connectivity index (χ1n) is 8.61. The fraction of sp³-hybridized carbons (Fsp3) is 0.421. The Labute approximate surface area is 140 Å². The molecule has 2 fully saturated rings. The molecule has 2 aliphatic rings. The monoisotopic (exact) mass is 321 g/mol. The molecular formula is C19H19N3O2. The van der Waals surface area contributed by atoms with Gasteiger partial charge >= 0.3 is 0 Å². The second-order valence-corrected chi connectivity index (χ2v) is 6.91. The number of pyridine rings is 1. The van der Waals surface area contributed by atoms with Crippen LogP contribution in [0.1, 0.15) is 48.2 Å². The van der Waals surface area contributed by atoms with Gasteiger partial charge < -0.3 is 9.26 Å². The summed E-state index contributed by atoms with van der Waals surface area (Å²) in [5, 5.41) is 5.29. The Balaban J connectivity index is 1.65. The highest BCUT2D eigenvalue weighted by Crippen LogP contribution is 2.41. The minimum atomic E-state index is 0.250. The molecule has 0 radical (unpaired) electrons. The van der Waals surface area contributed by atoms with Crippen molar-refractivity contribution in [1.29, 1.82) is 0 Å². The summed E-state index contributed by atoms with van der Waals surface area (Å²) in [6, 6.07) is 8.48. The number of nitrogens with zero attached hydrogens (tertiary/aromatic N) is 3. The average molecular weight is 321 g/mol. The van der Waals surface area contributed by atoms with Crippen LogP contribution in [0, 0.1) is 6.92 Å². The molecule has 0 amide bonds. The van der Waals surface area contributed by atoms with Gasteiger partial charge in [0.05, 0.1) is 17.7 Å². The van der Waals surface area contributed by atoms with Gasteiger partial charge in [-0.05, 0) is 44.4 Å². The van der Waals surface area contributed by atoms with E-state index in [1.54, 1.807) is 0 Å². The number of ether oxygens (including phenoxy) is 1. The van der Waals surface area contributed by atoms with Crippen LogP contribution < -0.4 is 0 Å². The Kier molecular flexibility index (Phi) is 3.16. The highest BCUT2D eigenvalue weighted by Gasteiger charge is 2.28. The van der Waals surface area contributed by atoms with Crippen molar-refractivity contribution >= 4 is 10.9 Å². The zero-order valence-corrected chi connectivity index (χ0v) is 13.7. The van der Waals surface area contributed by atoms with Crippen LogP contribution in [0.15, 0.2) is 28.8 Å². The predicted molar refractivity (Wildman–Crippen MR) is 89.9 cm³/mol. The van der Waals surface area contributed by atoms with E-state index < -0.39 is 0 Å². The molecule has 1 aliphatic heterocycles. The van der Waals surface area contributed by atoms with Crippen LogP contribution in [-0.2, 0) is 4.74 Å². The zero-order valence-electron chi connectivity index (χ0n) is 13.7. The molecule has 3 aromatic rings. The molecular weight excluding hydrogens is 302 g/mol. The van der Waals surface area contributed by atoms with Crippen LogP contribution in [0.4, 0.5) is 0 Å². The summed E-state index contributed by atoms with van der Waals surface area (Å²) >= 11 is 0. The molecule has 1 saturated carbocycles. The zero-order chi connectivity index (χ0) is 16.1. The van der Waals surface area contributed by atoms with Crippen molar-refractivity contribution in [2.75, 3.05) is 13.2 Å². The normalized spacial score (nSPS) is 20.8. The van der Waals surface area contributed by atoms with Crippen molar-refractivity contribution in [3.63, 3.8) is 0 Å². The molecule has 0 spiro atoms. The van der Waals surface area contributed by atoms with Crippen molar-refractivity contribution in [2.45, 2.75) is 38.0 Å². The Morgan fingerprint density at radius 1 is 1.04 bits per heavy atom. The summed E-state index contributed by atoms with van der Waals surface area (Å²) in [7, 11) is 0. The van der Waals surface area contributed by atoms with E-state index in [-0.39, 0.29) is 5.92 Å². The molecule has 1 atom stereocenters. The number of rotatable bonds is 3. The first-order chi connectivity index (χ1) is 11.8. The minimum absolute atomic E-state index is 0.250. The van der Waals surface area contributed by atoms with Crippen molar-refractivity contribution in [2.24, 2.45) is 0 Å². The quantitative estimate of drug-likeness (QED) is 0.730. The third kappa shape index (κ3) is 2.40. The number of aryl methyl sites for hydroxylation is 1. The van der Waals surface area contributed by atoms with E-state index in [4.69, 9.17) is 14.2 Å². The summed E-state index contributed by atoms with van der Waals surface area (Å²) < 4.78 is 11.1. The van der Waals surface area contributed by atoms with Crippen molar-refractivity contribution in [3.05, 3.63) is 41.3 Å². The lowest BCUT2D eigenvalue weighted by molar-refractivity contribution is 0.192. The molecule has 1 saturated heterocycles. The van der Waals surface area contributed by atoms with E-state index in [2.05, 4.69) is 41.3 Å². The van der Waals surface area contributed by atoms with Crippen LogP contribution >= 0.6 is 0 Å². The largest absolute Gasteiger partial charge is 0.381 e. The van der Waals surface area contributed by atoms with Crippen molar-refractivity contribution in [1.82, 2.24) is 15.1 Å². The minimum Gasteiger partial charge on any atom is -0.381 e. The summed E-state index contributed by atoms with van der Waals surface area (Å²) in [5.74, 6) is 2.19. The van der Waals surface area contributed by atoms with Gasteiger partial charge in [-0.3, -0.25) is 4.98 Å². The Hall–Kier alpha value is -2.27. The lowest BCUT2D eigenvalue weighted by atomic mass is 10.0. The standard InChI is InChI=1S/C19H19N3O2/c1-11-2-5-16-14(8-11)15(9-17(20-16)12-3-4-12)19-21-18(22-24-19)13-6-7-23-10-13/h2,5,8-9,12-13H,3-4,6-7,10H2,1H3/t13-/m1/s1. The SMILES string of the molecule is Cc1ccc2nc(C3CC3)cc(-c3nc([C@@H]4CCOC4)no3)c2c1. The van der Waals surface area contributed by atoms with Gasteiger partial charge in [0.25, 0.3) is 5.89 Å². The maximum absolute atomic E-state index is 5.62. The van der Waals surface area contributed by atoms with Gasteiger partial charge in [0.15, 0.2) is 5.82 Å². The third-order valence-electron chi connectivity index (χ3n) is 4.95. The fourth-order valence-corrected chi connectivity index (χ4v) is 3.37. The van der Waals surface area contributed by atoms with E-state index in [1.165, 1.54) is 18.4 Å². The second kappa shape index (κ2) is 5.38. The van der Waals surface area contributed by atoms with Crippen LogP contribution in [-0.4, -0.2) is 28.3 Å². The van der Waals surface area contributed by atoms with Crippen LogP contribution in [0.3, 0.4) is 0 Å². The van der Waals surface area contributed by atoms with Crippen LogP contribution in [0.2, 0.25) is 0 Å². The molecule has 5 heteroatoms.